The van der Waals surface area contributed by atoms with Crippen molar-refractivity contribution in [2.75, 3.05) is 0 Å². The lowest BCUT2D eigenvalue weighted by Gasteiger charge is -2.52. The van der Waals surface area contributed by atoms with Gasteiger partial charge in [0.05, 0.1) is 11.2 Å². The molecule has 0 saturated heterocycles. The van der Waals surface area contributed by atoms with Gasteiger partial charge in [0.2, 0.25) is 0 Å². The first-order chi connectivity index (χ1) is 8.04. The van der Waals surface area contributed by atoms with Crippen molar-refractivity contribution in [3.63, 3.8) is 0 Å². The van der Waals surface area contributed by atoms with E-state index in [0.717, 1.165) is 25.7 Å². The van der Waals surface area contributed by atoms with E-state index in [1.165, 1.54) is 0 Å². The zero-order valence-electron chi connectivity index (χ0n) is 12.8. The summed E-state index contributed by atoms with van der Waals surface area (Å²) in [6, 6.07) is 0. The molecule has 3 aliphatic rings. The molecule has 0 aromatic heterocycles. The lowest BCUT2D eigenvalue weighted by Crippen LogP contribution is -2.54. The molecule has 0 heterocycles. The second-order valence-electron chi connectivity index (χ2n) is 7.89. The Morgan fingerprint density at radius 3 is 1.11 bits per heavy atom. The molecule has 0 aromatic carbocycles. The van der Waals surface area contributed by atoms with Crippen LogP contribution in [0.4, 0.5) is 0 Å². The second-order valence-corrected chi connectivity index (χ2v) is 16.7. The summed E-state index contributed by atoms with van der Waals surface area (Å²) in [4.78, 5) is 0. The first-order valence-corrected chi connectivity index (χ1v) is 14.0. The van der Waals surface area contributed by atoms with E-state index in [-0.39, 0.29) is 11.2 Å². The van der Waals surface area contributed by atoms with Gasteiger partial charge in [0.25, 0.3) is 0 Å². The molecule has 2 nitrogen and oxygen atoms in total. The minimum Gasteiger partial charge on any atom is -0.409 e. The molecule has 0 N–H and O–H groups in total. The molecule has 0 spiro atoms. The van der Waals surface area contributed by atoms with Crippen molar-refractivity contribution in [2.24, 2.45) is 0 Å². The van der Waals surface area contributed by atoms with Gasteiger partial charge in [0.15, 0.2) is 16.6 Å². The van der Waals surface area contributed by atoms with Gasteiger partial charge in [-0.25, -0.2) is 0 Å². The number of fused-ring (bicyclic) bond motifs is 2. The SMILES string of the molecule is C[Si](C)(C)O[C@]12C=C[C@](O[Si](C)(C)C)(CC1)CC2. The Balaban J connectivity index is 2.12. The van der Waals surface area contributed by atoms with Gasteiger partial charge >= 0.3 is 0 Å². The van der Waals surface area contributed by atoms with Gasteiger partial charge in [-0.05, 0) is 65.0 Å². The minimum atomic E-state index is -1.47. The van der Waals surface area contributed by atoms with E-state index in [2.05, 4.69) is 51.4 Å². The van der Waals surface area contributed by atoms with Crippen LogP contribution in [0.2, 0.25) is 39.3 Å². The predicted octanol–water partition coefficient (Wildman–Crippen LogP) is 4.31. The lowest BCUT2D eigenvalue weighted by molar-refractivity contribution is -0.0305. The monoisotopic (exact) mass is 284 g/mol. The summed E-state index contributed by atoms with van der Waals surface area (Å²) in [5.41, 5.74) is 0.0735. The molecule has 0 aromatic rings. The van der Waals surface area contributed by atoms with Crippen LogP contribution in [0.25, 0.3) is 0 Å². The third kappa shape index (κ3) is 3.35. The van der Waals surface area contributed by atoms with Crippen LogP contribution in [0.3, 0.4) is 0 Å². The summed E-state index contributed by atoms with van der Waals surface area (Å²) in [7, 11) is -2.94. The van der Waals surface area contributed by atoms with Gasteiger partial charge in [-0.15, -0.1) is 0 Å². The van der Waals surface area contributed by atoms with Crippen molar-refractivity contribution in [3.8, 4) is 0 Å². The van der Waals surface area contributed by atoms with Crippen molar-refractivity contribution in [1.82, 2.24) is 0 Å². The maximum atomic E-state index is 6.44. The van der Waals surface area contributed by atoms with Crippen LogP contribution in [0.1, 0.15) is 25.7 Å². The fraction of sp³-hybridized carbons (Fsp3) is 0.857. The van der Waals surface area contributed by atoms with Crippen LogP contribution in [-0.2, 0) is 8.85 Å². The highest BCUT2D eigenvalue weighted by Crippen LogP contribution is 2.48. The molecule has 1 saturated carbocycles. The van der Waals surface area contributed by atoms with Gasteiger partial charge in [-0.2, -0.15) is 0 Å². The summed E-state index contributed by atoms with van der Waals surface area (Å²) in [5, 5.41) is 0. The normalized spacial score (nSPS) is 36.1. The fourth-order valence-corrected chi connectivity index (χ4v) is 6.21. The molecule has 3 aliphatic carbocycles. The minimum absolute atomic E-state index is 0.0367. The Bertz CT molecular complexity index is 308. The number of hydrogen-bond donors (Lipinski definition) is 0. The van der Waals surface area contributed by atoms with Crippen LogP contribution < -0.4 is 0 Å². The summed E-state index contributed by atoms with van der Waals surface area (Å²) in [6.45, 7) is 13.7. The van der Waals surface area contributed by atoms with Gasteiger partial charge in [0.1, 0.15) is 0 Å². The highest BCUT2D eigenvalue weighted by molar-refractivity contribution is 6.70. The maximum Gasteiger partial charge on any atom is 0.184 e. The average molecular weight is 285 g/mol. The van der Waals surface area contributed by atoms with Crippen LogP contribution in [0.5, 0.6) is 0 Å². The summed E-state index contributed by atoms with van der Waals surface area (Å²) in [5.74, 6) is 0. The second kappa shape index (κ2) is 4.30. The third-order valence-electron chi connectivity index (χ3n) is 3.65. The van der Waals surface area contributed by atoms with Gasteiger partial charge < -0.3 is 8.85 Å². The van der Waals surface area contributed by atoms with E-state index in [9.17, 15) is 0 Å². The molecule has 18 heavy (non-hydrogen) atoms. The molecule has 0 amide bonds. The zero-order chi connectivity index (χ0) is 13.7. The molecule has 0 aliphatic heterocycles. The highest BCUT2D eigenvalue weighted by Gasteiger charge is 2.48. The lowest BCUT2D eigenvalue weighted by atomic mass is 9.70. The average Bonchev–Trinajstić information content (AvgIpc) is 2.15. The molecular weight excluding hydrogens is 256 g/mol. The van der Waals surface area contributed by atoms with E-state index in [1.54, 1.807) is 0 Å². The van der Waals surface area contributed by atoms with Gasteiger partial charge in [-0.1, -0.05) is 12.2 Å². The van der Waals surface area contributed by atoms with Crippen LogP contribution in [0.15, 0.2) is 12.2 Å². The first-order valence-electron chi connectivity index (χ1n) is 7.14. The zero-order valence-corrected chi connectivity index (χ0v) is 14.8. The van der Waals surface area contributed by atoms with E-state index in [1.807, 2.05) is 0 Å². The predicted molar refractivity (Wildman–Crippen MR) is 81.9 cm³/mol. The van der Waals surface area contributed by atoms with E-state index in [4.69, 9.17) is 8.85 Å². The van der Waals surface area contributed by atoms with Crippen molar-refractivity contribution in [3.05, 3.63) is 12.2 Å². The smallest absolute Gasteiger partial charge is 0.184 e. The largest absolute Gasteiger partial charge is 0.409 e. The Morgan fingerprint density at radius 1 is 0.667 bits per heavy atom. The number of rotatable bonds is 4. The molecule has 104 valence electrons. The van der Waals surface area contributed by atoms with E-state index < -0.39 is 16.6 Å². The standard InChI is InChI=1S/C14H28O2Si2/c1-17(2,3)15-13-7-10-14(11-8-13,12-9-13)16-18(4,5)6/h7,10H,8-9,11-12H2,1-6H3/t13-,14+. The Hall–Kier alpha value is 0.0938. The summed E-state index contributed by atoms with van der Waals surface area (Å²) < 4.78 is 12.9. The third-order valence-corrected chi connectivity index (χ3v) is 5.69. The molecule has 0 unspecified atom stereocenters. The van der Waals surface area contributed by atoms with Crippen molar-refractivity contribution in [1.29, 1.82) is 0 Å². The highest BCUT2D eigenvalue weighted by atomic mass is 28.4. The first kappa shape index (κ1) is 14.5. The summed E-state index contributed by atoms with van der Waals surface area (Å²) in [6.07, 6.45) is 9.18. The Morgan fingerprint density at radius 2 is 0.944 bits per heavy atom. The molecule has 2 bridgehead atoms. The van der Waals surface area contributed by atoms with Crippen LogP contribution in [-0.4, -0.2) is 27.8 Å². The molecular formula is C14H28O2Si2. The van der Waals surface area contributed by atoms with Crippen molar-refractivity contribution >= 4 is 16.6 Å². The molecule has 3 rings (SSSR count). The fourth-order valence-electron chi connectivity index (χ4n) is 3.23. The molecule has 1 fully saturated rings. The van der Waals surface area contributed by atoms with Crippen molar-refractivity contribution < 1.29 is 8.85 Å². The maximum absolute atomic E-state index is 6.44. The van der Waals surface area contributed by atoms with E-state index in [0.29, 0.717) is 0 Å². The summed E-state index contributed by atoms with van der Waals surface area (Å²) >= 11 is 0. The van der Waals surface area contributed by atoms with Crippen molar-refractivity contribution in [2.45, 2.75) is 76.2 Å². The van der Waals surface area contributed by atoms with Crippen LogP contribution >= 0.6 is 0 Å². The molecule has 0 atom stereocenters. The Kier molecular flexibility index (Phi) is 3.46. The van der Waals surface area contributed by atoms with Gasteiger partial charge in [0, 0.05) is 0 Å². The topological polar surface area (TPSA) is 18.5 Å². The number of hydrogen-bond acceptors (Lipinski definition) is 2. The van der Waals surface area contributed by atoms with Gasteiger partial charge in [-0.3, -0.25) is 0 Å². The molecule has 0 radical (unpaired) electrons. The van der Waals surface area contributed by atoms with E-state index >= 15 is 0 Å². The van der Waals surface area contributed by atoms with Crippen LogP contribution in [0, 0.1) is 0 Å². The quantitative estimate of drug-likeness (QED) is 0.566. The Labute approximate surface area is 114 Å². The molecule has 4 heteroatoms.